The van der Waals surface area contributed by atoms with Gasteiger partial charge in [-0.1, -0.05) is 35.2 Å². The van der Waals surface area contributed by atoms with Crippen LogP contribution in [0.5, 0.6) is 0 Å². The first-order chi connectivity index (χ1) is 7.07. The molecule has 88 valence electrons. The highest BCUT2D eigenvalue weighted by atomic mass is 79.9. The maximum absolute atomic E-state index is 10.9. The molecule has 0 spiro atoms. The molecule has 0 saturated carbocycles. The monoisotopic (exact) mass is 278 g/mol. The fourth-order valence-electron chi connectivity index (χ4n) is 1.25. The minimum atomic E-state index is -0.142. The van der Waals surface area contributed by atoms with Crippen molar-refractivity contribution in [3.63, 3.8) is 0 Å². The lowest BCUT2D eigenvalue weighted by atomic mass is 10.1. The van der Waals surface area contributed by atoms with Crippen molar-refractivity contribution >= 4 is 27.7 Å². The molecule has 1 unspecified atom stereocenters. The summed E-state index contributed by atoms with van der Waals surface area (Å²) in [5, 5.41) is 0. The Morgan fingerprint density at radius 1 is 1.20 bits per heavy atom. The van der Waals surface area contributed by atoms with Crippen LogP contribution in [-0.2, 0) is 14.3 Å². The molecule has 0 aromatic carbocycles. The molecule has 0 radical (unpaired) electrons. The molecule has 0 aliphatic rings. The Bertz CT molecular complexity index is 204. The van der Waals surface area contributed by atoms with Gasteiger partial charge in [-0.05, 0) is 19.8 Å². The molecule has 0 fully saturated rings. The predicted octanol–water partition coefficient (Wildman–Crippen LogP) is 2.85. The number of methoxy groups -OCH3 is 1. The zero-order chi connectivity index (χ0) is 11.7. The maximum Gasteiger partial charge on any atom is 0.305 e. The van der Waals surface area contributed by atoms with Gasteiger partial charge in [-0.25, -0.2) is 0 Å². The number of hydrogen-bond acceptors (Lipinski definition) is 3. The third-order valence-corrected chi connectivity index (χ3v) is 3.36. The molecule has 4 heteroatoms. The molecule has 0 aromatic heterocycles. The first-order valence-electron chi connectivity index (χ1n) is 5.29. The summed E-state index contributed by atoms with van der Waals surface area (Å²) in [5.41, 5.74) is 0. The first-order valence-corrected chi connectivity index (χ1v) is 6.20. The van der Waals surface area contributed by atoms with E-state index in [0.717, 1.165) is 32.1 Å². The third-order valence-electron chi connectivity index (χ3n) is 2.26. The van der Waals surface area contributed by atoms with E-state index in [1.807, 2.05) is 0 Å². The number of hydrogen-bond donors (Lipinski definition) is 0. The van der Waals surface area contributed by atoms with Gasteiger partial charge in [0.2, 0.25) is 0 Å². The lowest BCUT2D eigenvalue weighted by Crippen LogP contribution is -2.08. The number of carbonyl (C=O) groups is 2. The van der Waals surface area contributed by atoms with Crippen molar-refractivity contribution in [3.8, 4) is 0 Å². The van der Waals surface area contributed by atoms with E-state index in [4.69, 9.17) is 0 Å². The van der Waals surface area contributed by atoms with E-state index in [9.17, 15) is 9.59 Å². The number of rotatable bonds is 8. The molecule has 0 amide bonds. The van der Waals surface area contributed by atoms with Crippen LogP contribution >= 0.6 is 15.9 Å². The smallest absolute Gasteiger partial charge is 0.305 e. The van der Waals surface area contributed by atoms with E-state index in [0.29, 0.717) is 6.42 Å². The number of alkyl halides is 1. The molecule has 0 bridgehead atoms. The van der Waals surface area contributed by atoms with Gasteiger partial charge in [0.1, 0.15) is 5.78 Å². The van der Waals surface area contributed by atoms with Crippen molar-refractivity contribution in [1.29, 1.82) is 0 Å². The van der Waals surface area contributed by atoms with Crippen molar-refractivity contribution in [3.05, 3.63) is 0 Å². The number of ether oxygens (including phenoxy) is 1. The number of unbranched alkanes of at least 4 members (excludes halogenated alkanes) is 3. The highest BCUT2D eigenvalue weighted by Gasteiger charge is 2.08. The third kappa shape index (κ3) is 8.60. The standard InChI is InChI=1S/C11H19BrO3/c1-9(13)10(12)7-5-3-4-6-8-11(14)15-2/h10H,3-8H2,1-2H3. The van der Waals surface area contributed by atoms with Crippen LogP contribution in [0.4, 0.5) is 0 Å². The summed E-state index contributed by atoms with van der Waals surface area (Å²) in [6, 6.07) is 0. The predicted molar refractivity (Wildman–Crippen MR) is 63.1 cm³/mol. The van der Waals surface area contributed by atoms with Crippen LogP contribution < -0.4 is 0 Å². The molecule has 0 aliphatic carbocycles. The molecule has 0 N–H and O–H groups in total. The molecule has 0 saturated heterocycles. The van der Waals surface area contributed by atoms with Gasteiger partial charge in [-0.3, -0.25) is 9.59 Å². The van der Waals surface area contributed by atoms with Gasteiger partial charge in [0.25, 0.3) is 0 Å². The lowest BCUT2D eigenvalue weighted by Gasteiger charge is -2.04. The van der Waals surface area contributed by atoms with Gasteiger partial charge in [0, 0.05) is 6.42 Å². The summed E-state index contributed by atoms with van der Waals surface area (Å²) >= 11 is 3.32. The minimum Gasteiger partial charge on any atom is -0.469 e. The fourth-order valence-corrected chi connectivity index (χ4v) is 1.58. The van der Waals surface area contributed by atoms with Gasteiger partial charge < -0.3 is 4.74 Å². The van der Waals surface area contributed by atoms with Crippen LogP contribution in [0.1, 0.15) is 45.4 Å². The summed E-state index contributed by atoms with van der Waals surface area (Å²) < 4.78 is 4.54. The summed E-state index contributed by atoms with van der Waals surface area (Å²) in [5.74, 6) is 0.0432. The number of carbonyl (C=O) groups excluding carboxylic acids is 2. The van der Waals surface area contributed by atoms with Crippen LogP contribution in [0.3, 0.4) is 0 Å². The Kier molecular flexibility index (Phi) is 8.67. The van der Waals surface area contributed by atoms with Gasteiger partial charge in [-0.2, -0.15) is 0 Å². The molecule has 1 atom stereocenters. The SMILES string of the molecule is COC(=O)CCCCCCC(Br)C(C)=O. The van der Waals surface area contributed by atoms with Gasteiger partial charge >= 0.3 is 5.97 Å². The van der Waals surface area contributed by atoms with Crippen LogP contribution in [0.2, 0.25) is 0 Å². The lowest BCUT2D eigenvalue weighted by molar-refractivity contribution is -0.140. The number of esters is 1. The van der Waals surface area contributed by atoms with E-state index >= 15 is 0 Å². The fraction of sp³-hybridized carbons (Fsp3) is 0.818. The van der Waals surface area contributed by atoms with Gasteiger partial charge in [0.05, 0.1) is 11.9 Å². The van der Waals surface area contributed by atoms with Gasteiger partial charge in [-0.15, -0.1) is 0 Å². The zero-order valence-electron chi connectivity index (χ0n) is 9.42. The van der Waals surface area contributed by atoms with Crippen molar-refractivity contribution in [2.24, 2.45) is 0 Å². The van der Waals surface area contributed by atoms with Crippen LogP contribution in [0.25, 0.3) is 0 Å². The highest BCUT2D eigenvalue weighted by Crippen LogP contribution is 2.13. The maximum atomic E-state index is 10.9. The summed E-state index contributed by atoms with van der Waals surface area (Å²) in [7, 11) is 1.41. The van der Waals surface area contributed by atoms with E-state index in [-0.39, 0.29) is 16.6 Å². The topological polar surface area (TPSA) is 43.4 Å². The minimum absolute atomic E-state index is 0.00175. The Morgan fingerprint density at radius 2 is 1.80 bits per heavy atom. The highest BCUT2D eigenvalue weighted by molar-refractivity contribution is 9.10. The zero-order valence-corrected chi connectivity index (χ0v) is 11.0. The summed E-state index contributed by atoms with van der Waals surface area (Å²) in [6.07, 6.45) is 5.37. The van der Waals surface area contributed by atoms with Crippen molar-refractivity contribution in [2.45, 2.75) is 50.3 Å². The average molecular weight is 279 g/mol. The Morgan fingerprint density at radius 3 is 2.33 bits per heavy atom. The largest absolute Gasteiger partial charge is 0.469 e. The van der Waals surface area contributed by atoms with Crippen molar-refractivity contribution in [1.82, 2.24) is 0 Å². The Hall–Kier alpha value is -0.380. The van der Waals surface area contributed by atoms with Gasteiger partial charge in [0.15, 0.2) is 0 Å². The quantitative estimate of drug-likeness (QED) is 0.390. The van der Waals surface area contributed by atoms with E-state index in [1.165, 1.54) is 7.11 Å². The number of ketones is 1. The molecule has 0 aromatic rings. The average Bonchev–Trinajstić information content (AvgIpc) is 2.22. The molecule has 0 heterocycles. The number of Topliss-reactive ketones (excluding diaryl/α,β-unsaturated/α-hetero) is 1. The van der Waals surface area contributed by atoms with Crippen molar-refractivity contribution in [2.75, 3.05) is 7.11 Å². The van der Waals surface area contributed by atoms with Crippen LogP contribution in [0.15, 0.2) is 0 Å². The molecule has 15 heavy (non-hydrogen) atoms. The number of halogens is 1. The molecular formula is C11H19BrO3. The normalized spacial score (nSPS) is 12.2. The first kappa shape index (κ1) is 14.6. The molecule has 3 nitrogen and oxygen atoms in total. The molecular weight excluding hydrogens is 260 g/mol. The van der Waals surface area contributed by atoms with Crippen LogP contribution in [-0.4, -0.2) is 23.7 Å². The van der Waals surface area contributed by atoms with Crippen molar-refractivity contribution < 1.29 is 14.3 Å². The second kappa shape index (κ2) is 8.89. The van der Waals surface area contributed by atoms with E-state index in [2.05, 4.69) is 20.7 Å². The summed E-state index contributed by atoms with van der Waals surface area (Å²) in [4.78, 5) is 21.6. The Balaban J connectivity index is 3.25. The van der Waals surface area contributed by atoms with E-state index < -0.39 is 0 Å². The molecule has 0 aliphatic heterocycles. The van der Waals surface area contributed by atoms with E-state index in [1.54, 1.807) is 6.92 Å². The second-order valence-corrected chi connectivity index (χ2v) is 4.71. The summed E-state index contributed by atoms with van der Waals surface area (Å²) in [6.45, 7) is 1.59. The molecule has 0 rings (SSSR count). The van der Waals surface area contributed by atoms with Crippen LogP contribution in [0, 0.1) is 0 Å². The Labute approximate surface area is 99.7 Å². The second-order valence-electron chi connectivity index (χ2n) is 3.61.